The first-order chi connectivity index (χ1) is 16.7. The molecular formula is C23H16Cl2N2O8. The Labute approximate surface area is 208 Å². The van der Waals surface area contributed by atoms with Crippen LogP contribution in [-0.2, 0) is 4.79 Å². The van der Waals surface area contributed by atoms with Gasteiger partial charge in [0, 0.05) is 11.1 Å². The maximum Gasteiger partial charge on any atom is 0.349 e. The van der Waals surface area contributed by atoms with Gasteiger partial charge in [0.15, 0.2) is 18.1 Å². The number of halogens is 2. The molecule has 0 aliphatic carbocycles. The van der Waals surface area contributed by atoms with Crippen molar-refractivity contribution >= 4 is 52.7 Å². The van der Waals surface area contributed by atoms with Gasteiger partial charge in [0.1, 0.15) is 5.75 Å². The van der Waals surface area contributed by atoms with Crippen LogP contribution in [0.15, 0.2) is 54.6 Å². The zero-order valence-electron chi connectivity index (χ0n) is 18.0. The van der Waals surface area contributed by atoms with Crippen molar-refractivity contribution in [2.75, 3.05) is 13.7 Å². The lowest BCUT2D eigenvalue weighted by molar-refractivity contribution is -0.394. The topological polar surface area (TPSA) is 131 Å². The number of carbonyl (C=O) groups is 1. The summed E-state index contributed by atoms with van der Waals surface area (Å²) in [6.07, 6.45) is 2.99. The second-order valence-corrected chi connectivity index (χ2v) is 7.68. The SMILES string of the molecule is COc1cc(/C=C/c2ccc([N+](=O)[O-])cc2[N+](=O)[O-])ccc1OC(=O)COc1ccc(Cl)cc1Cl. The Morgan fingerprint density at radius 3 is 2.31 bits per heavy atom. The molecule has 0 heterocycles. The predicted octanol–water partition coefficient (Wildman–Crippen LogP) is 5.97. The highest BCUT2D eigenvalue weighted by atomic mass is 35.5. The molecule has 180 valence electrons. The molecule has 0 fully saturated rings. The summed E-state index contributed by atoms with van der Waals surface area (Å²) in [6, 6.07) is 12.5. The Hall–Kier alpha value is -4.15. The molecule has 3 aromatic carbocycles. The van der Waals surface area contributed by atoms with Gasteiger partial charge in [-0.15, -0.1) is 0 Å². The van der Waals surface area contributed by atoms with Crippen LogP contribution in [0.25, 0.3) is 12.2 Å². The Morgan fingerprint density at radius 1 is 0.914 bits per heavy atom. The molecule has 0 radical (unpaired) electrons. The van der Waals surface area contributed by atoms with Crippen molar-refractivity contribution in [2.45, 2.75) is 0 Å². The fraction of sp³-hybridized carbons (Fsp3) is 0.0870. The number of benzene rings is 3. The molecule has 0 unspecified atom stereocenters. The largest absolute Gasteiger partial charge is 0.493 e. The molecule has 35 heavy (non-hydrogen) atoms. The van der Waals surface area contributed by atoms with Gasteiger partial charge in [-0.2, -0.15) is 0 Å². The first-order valence-corrected chi connectivity index (χ1v) is 10.5. The molecule has 0 atom stereocenters. The van der Waals surface area contributed by atoms with Crippen LogP contribution >= 0.6 is 23.2 Å². The fourth-order valence-electron chi connectivity index (χ4n) is 2.88. The molecule has 0 amide bonds. The normalized spacial score (nSPS) is 10.7. The van der Waals surface area contributed by atoms with E-state index in [0.717, 1.165) is 6.07 Å². The van der Waals surface area contributed by atoms with Crippen LogP contribution in [-0.4, -0.2) is 29.5 Å². The molecule has 0 saturated carbocycles. The van der Waals surface area contributed by atoms with E-state index in [0.29, 0.717) is 10.6 Å². The number of rotatable bonds is 9. The third kappa shape index (κ3) is 6.69. The van der Waals surface area contributed by atoms with Gasteiger partial charge in [0.05, 0.1) is 33.6 Å². The summed E-state index contributed by atoms with van der Waals surface area (Å²) in [5, 5.41) is 22.8. The number of nitrogens with zero attached hydrogens (tertiary/aromatic N) is 2. The van der Waals surface area contributed by atoms with Crippen molar-refractivity contribution in [1.82, 2.24) is 0 Å². The molecule has 10 nitrogen and oxygen atoms in total. The second kappa shape index (κ2) is 11.3. The summed E-state index contributed by atoms with van der Waals surface area (Å²) in [5.74, 6) is -0.0927. The summed E-state index contributed by atoms with van der Waals surface area (Å²) < 4.78 is 15.9. The summed E-state index contributed by atoms with van der Waals surface area (Å²) in [6.45, 7) is -0.421. The predicted molar refractivity (Wildman–Crippen MR) is 129 cm³/mol. The number of non-ortho nitro benzene ring substituents is 1. The number of carbonyl (C=O) groups excluding carboxylic acids is 1. The standard InChI is InChI=1S/C23H16Cl2N2O8/c1-33-22-10-14(2-4-15-5-7-17(26(29)30)12-19(15)27(31)32)3-8-21(22)35-23(28)13-34-20-9-6-16(24)11-18(20)25/h2-12H,13H2,1H3/b4-2+. The second-order valence-electron chi connectivity index (χ2n) is 6.84. The average molecular weight is 519 g/mol. The molecule has 0 aliphatic heterocycles. The maximum atomic E-state index is 12.2. The molecular weight excluding hydrogens is 503 g/mol. The molecule has 0 aliphatic rings. The first kappa shape index (κ1) is 25.5. The number of hydrogen-bond donors (Lipinski definition) is 0. The summed E-state index contributed by atoms with van der Waals surface area (Å²) in [5.41, 5.74) is -0.0515. The van der Waals surface area contributed by atoms with Gasteiger partial charge in [0.25, 0.3) is 11.4 Å². The van der Waals surface area contributed by atoms with E-state index in [1.54, 1.807) is 24.3 Å². The van der Waals surface area contributed by atoms with Crippen molar-refractivity contribution in [3.63, 3.8) is 0 Å². The minimum atomic E-state index is -0.709. The van der Waals surface area contributed by atoms with Crippen LogP contribution < -0.4 is 14.2 Å². The number of hydrogen-bond acceptors (Lipinski definition) is 8. The molecule has 3 rings (SSSR count). The molecule has 0 aromatic heterocycles. The van der Waals surface area contributed by atoms with Gasteiger partial charge < -0.3 is 14.2 Å². The number of nitro groups is 2. The van der Waals surface area contributed by atoms with E-state index < -0.39 is 28.1 Å². The lowest BCUT2D eigenvalue weighted by Crippen LogP contribution is -2.18. The highest BCUT2D eigenvalue weighted by molar-refractivity contribution is 6.35. The zero-order valence-corrected chi connectivity index (χ0v) is 19.5. The number of methoxy groups -OCH3 is 1. The van der Waals surface area contributed by atoms with E-state index in [9.17, 15) is 25.0 Å². The van der Waals surface area contributed by atoms with E-state index >= 15 is 0 Å². The smallest absolute Gasteiger partial charge is 0.349 e. The van der Waals surface area contributed by atoms with Gasteiger partial charge in [-0.3, -0.25) is 20.2 Å². The van der Waals surface area contributed by atoms with Crippen molar-refractivity contribution in [1.29, 1.82) is 0 Å². The highest BCUT2D eigenvalue weighted by Gasteiger charge is 2.18. The first-order valence-electron chi connectivity index (χ1n) is 9.75. The van der Waals surface area contributed by atoms with Crippen molar-refractivity contribution in [3.8, 4) is 17.2 Å². The Kier molecular flexibility index (Phi) is 8.24. The Balaban J connectivity index is 1.72. The number of ether oxygens (including phenoxy) is 3. The summed E-state index contributed by atoms with van der Waals surface area (Å²) >= 11 is 11.8. The van der Waals surface area contributed by atoms with E-state index in [2.05, 4.69) is 0 Å². The average Bonchev–Trinajstić information content (AvgIpc) is 2.82. The van der Waals surface area contributed by atoms with Crippen molar-refractivity contribution in [3.05, 3.63) is 96.0 Å². The van der Waals surface area contributed by atoms with Crippen LogP contribution in [0.4, 0.5) is 11.4 Å². The summed E-state index contributed by atoms with van der Waals surface area (Å²) in [7, 11) is 1.38. The van der Waals surface area contributed by atoms with Gasteiger partial charge in [-0.05, 0) is 48.0 Å². The third-order valence-electron chi connectivity index (χ3n) is 4.53. The lowest BCUT2D eigenvalue weighted by atomic mass is 10.1. The molecule has 12 heteroatoms. The third-order valence-corrected chi connectivity index (χ3v) is 5.06. The van der Waals surface area contributed by atoms with Crippen LogP contribution in [0.1, 0.15) is 11.1 Å². The van der Waals surface area contributed by atoms with Crippen molar-refractivity contribution in [2.24, 2.45) is 0 Å². The minimum Gasteiger partial charge on any atom is -0.493 e. The van der Waals surface area contributed by atoms with Crippen LogP contribution in [0.2, 0.25) is 10.0 Å². The van der Waals surface area contributed by atoms with E-state index in [-0.39, 0.29) is 33.5 Å². The molecule has 0 spiro atoms. The minimum absolute atomic E-state index is 0.127. The summed E-state index contributed by atoms with van der Waals surface area (Å²) in [4.78, 5) is 33.0. The van der Waals surface area contributed by atoms with Gasteiger partial charge in [-0.25, -0.2) is 4.79 Å². The van der Waals surface area contributed by atoms with Crippen LogP contribution in [0.3, 0.4) is 0 Å². The van der Waals surface area contributed by atoms with Crippen LogP contribution in [0.5, 0.6) is 17.2 Å². The lowest BCUT2D eigenvalue weighted by Gasteiger charge is -2.11. The Morgan fingerprint density at radius 2 is 1.66 bits per heavy atom. The van der Waals surface area contributed by atoms with E-state index in [4.69, 9.17) is 37.4 Å². The number of nitro benzene ring substituents is 2. The molecule has 0 saturated heterocycles. The zero-order chi connectivity index (χ0) is 25.5. The maximum absolute atomic E-state index is 12.2. The molecule has 0 bridgehead atoms. The highest BCUT2D eigenvalue weighted by Crippen LogP contribution is 2.31. The number of esters is 1. The molecule has 3 aromatic rings. The van der Waals surface area contributed by atoms with Gasteiger partial charge in [0.2, 0.25) is 0 Å². The van der Waals surface area contributed by atoms with Gasteiger partial charge in [-0.1, -0.05) is 35.3 Å². The Bertz CT molecular complexity index is 1330. The quantitative estimate of drug-likeness (QED) is 0.111. The molecule has 0 N–H and O–H groups in total. The van der Waals surface area contributed by atoms with E-state index in [1.807, 2.05) is 0 Å². The monoisotopic (exact) mass is 518 g/mol. The fourth-order valence-corrected chi connectivity index (χ4v) is 3.35. The van der Waals surface area contributed by atoms with Crippen LogP contribution in [0, 0.1) is 20.2 Å². The van der Waals surface area contributed by atoms with E-state index in [1.165, 1.54) is 43.5 Å². The van der Waals surface area contributed by atoms with Gasteiger partial charge >= 0.3 is 5.97 Å². The van der Waals surface area contributed by atoms with Crippen molar-refractivity contribution < 1.29 is 28.9 Å².